The van der Waals surface area contributed by atoms with E-state index in [1.165, 1.54) is 18.2 Å². The normalized spacial score (nSPS) is 11.5. The van der Waals surface area contributed by atoms with Crippen LogP contribution in [0.2, 0.25) is 0 Å². The molecular weight excluding hydrogens is 361 g/mol. The van der Waals surface area contributed by atoms with Crippen LogP contribution in [0.3, 0.4) is 0 Å². The zero-order chi connectivity index (χ0) is 19.8. The van der Waals surface area contributed by atoms with Crippen LogP contribution in [-0.2, 0) is 6.54 Å². The Morgan fingerprint density at radius 3 is 2.68 bits per heavy atom. The van der Waals surface area contributed by atoms with E-state index in [9.17, 15) is 14.3 Å². The van der Waals surface area contributed by atoms with Crippen LogP contribution in [0.4, 0.5) is 9.18 Å². The molecular formula is C21H20FN3O3. The minimum atomic E-state index is -0.516. The molecule has 144 valence electrons. The number of hydrogen-bond acceptors (Lipinski definition) is 4. The molecule has 7 heteroatoms. The molecule has 1 heterocycles. The molecule has 0 fully saturated rings. The quantitative estimate of drug-likeness (QED) is 0.584. The number of aliphatic hydroxyl groups is 1. The van der Waals surface area contributed by atoms with Crippen molar-refractivity contribution >= 4 is 6.03 Å². The molecule has 2 amide bonds. The standard InChI is InChI=1S/C21H20FN3O3/c22-17-9-4-10-18(12-17)28-20-16(8-5-11-23-20)13-24-21(27)25-19(14-26)15-6-2-1-3-7-15/h1-12,19,26H,13-14H2,(H2,24,25,27). The topological polar surface area (TPSA) is 83.5 Å². The van der Waals surface area contributed by atoms with Crippen molar-refractivity contribution in [3.8, 4) is 11.6 Å². The van der Waals surface area contributed by atoms with E-state index in [2.05, 4.69) is 15.6 Å². The lowest BCUT2D eigenvalue weighted by Gasteiger charge is -2.17. The summed E-state index contributed by atoms with van der Waals surface area (Å²) in [5.74, 6) is 0.174. The molecule has 28 heavy (non-hydrogen) atoms. The second-order valence-corrected chi connectivity index (χ2v) is 6.00. The van der Waals surface area contributed by atoms with Gasteiger partial charge in [-0.25, -0.2) is 14.2 Å². The number of pyridine rings is 1. The monoisotopic (exact) mass is 381 g/mol. The number of hydrogen-bond donors (Lipinski definition) is 3. The molecule has 0 aliphatic heterocycles. The Labute approximate surface area is 162 Å². The maximum absolute atomic E-state index is 13.3. The molecule has 3 aromatic rings. The van der Waals surface area contributed by atoms with Crippen LogP contribution in [0, 0.1) is 5.82 Å². The van der Waals surface area contributed by atoms with Crippen molar-refractivity contribution < 1.29 is 19.0 Å². The van der Waals surface area contributed by atoms with Crippen LogP contribution < -0.4 is 15.4 Å². The average molecular weight is 381 g/mol. The SMILES string of the molecule is O=C(NCc1cccnc1Oc1cccc(F)c1)NC(CO)c1ccccc1. The number of benzene rings is 2. The molecule has 0 saturated carbocycles. The second kappa shape index (κ2) is 9.48. The van der Waals surface area contributed by atoms with E-state index in [-0.39, 0.29) is 19.0 Å². The van der Waals surface area contributed by atoms with Crippen LogP contribution in [0.1, 0.15) is 17.2 Å². The summed E-state index contributed by atoms with van der Waals surface area (Å²) in [4.78, 5) is 16.4. The van der Waals surface area contributed by atoms with Gasteiger partial charge in [0.25, 0.3) is 0 Å². The minimum Gasteiger partial charge on any atom is -0.439 e. The lowest BCUT2D eigenvalue weighted by Crippen LogP contribution is -2.38. The summed E-state index contributed by atoms with van der Waals surface area (Å²) in [7, 11) is 0. The van der Waals surface area contributed by atoms with Crippen molar-refractivity contribution in [2.24, 2.45) is 0 Å². The zero-order valence-corrected chi connectivity index (χ0v) is 15.0. The first kappa shape index (κ1) is 19.3. The number of nitrogens with one attached hydrogen (secondary N) is 2. The van der Waals surface area contributed by atoms with E-state index in [4.69, 9.17) is 4.74 Å². The lowest BCUT2D eigenvalue weighted by atomic mass is 10.1. The zero-order valence-electron chi connectivity index (χ0n) is 15.0. The van der Waals surface area contributed by atoms with Crippen molar-refractivity contribution in [3.63, 3.8) is 0 Å². The second-order valence-electron chi connectivity index (χ2n) is 6.00. The molecule has 3 rings (SSSR count). The fourth-order valence-electron chi connectivity index (χ4n) is 2.60. The summed E-state index contributed by atoms with van der Waals surface area (Å²) in [6, 6.07) is 17.4. The van der Waals surface area contributed by atoms with Gasteiger partial charge in [-0.15, -0.1) is 0 Å². The number of aliphatic hydroxyl groups excluding tert-OH is 1. The van der Waals surface area contributed by atoms with Gasteiger partial charge in [0.2, 0.25) is 5.88 Å². The van der Waals surface area contributed by atoms with Gasteiger partial charge in [0.05, 0.1) is 12.6 Å². The van der Waals surface area contributed by atoms with Crippen molar-refractivity contribution in [1.29, 1.82) is 0 Å². The Morgan fingerprint density at radius 2 is 1.93 bits per heavy atom. The van der Waals surface area contributed by atoms with E-state index in [0.29, 0.717) is 11.3 Å². The molecule has 0 aliphatic carbocycles. The molecule has 0 saturated heterocycles. The van der Waals surface area contributed by atoms with Crippen LogP contribution in [0.5, 0.6) is 11.6 Å². The summed E-state index contributed by atoms with van der Waals surface area (Å²) in [6.07, 6.45) is 1.55. The number of carbonyl (C=O) groups excluding carboxylic acids is 1. The maximum Gasteiger partial charge on any atom is 0.315 e. The highest BCUT2D eigenvalue weighted by molar-refractivity contribution is 5.74. The first-order valence-electron chi connectivity index (χ1n) is 8.73. The van der Waals surface area contributed by atoms with Gasteiger partial charge in [-0.3, -0.25) is 0 Å². The van der Waals surface area contributed by atoms with E-state index in [1.54, 1.807) is 24.4 Å². The summed E-state index contributed by atoms with van der Waals surface area (Å²) < 4.78 is 19.0. The molecule has 3 N–H and O–H groups in total. The number of halogens is 1. The van der Waals surface area contributed by atoms with Crippen LogP contribution >= 0.6 is 0 Å². The molecule has 0 aliphatic rings. The molecule has 0 radical (unpaired) electrons. The average Bonchev–Trinajstić information content (AvgIpc) is 2.72. The fourth-order valence-corrected chi connectivity index (χ4v) is 2.60. The third-order valence-corrected chi connectivity index (χ3v) is 3.99. The van der Waals surface area contributed by atoms with Crippen molar-refractivity contribution in [1.82, 2.24) is 15.6 Å². The predicted molar refractivity (Wildman–Crippen MR) is 102 cm³/mol. The van der Waals surface area contributed by atoms with Crippen molar-refractivity contribution in [2.45, 2.75) is 12.6 Å². The predicted octanol–water partition coefficient (Wildman–Crippen LogP) is 3.55. The van der Waals surface area contributed by atoms with Crippen LogP contribution in [0.15, 0.2) is 72.9 Å². The molecule has 1 unspecified atom stereocenters. The van der Waals surface area contributed by atoms with Gasteiger partial charge < -0.3 is 20.5 Å². The van der Waals surface area contributed by atoms with Gasteiger partial charge in [-0.2, -0.15) is 0 Å². The Kier molecular flexibility index (Phi) is 6.54. The summed E-state index contributed by atoms with van der Waals surface area (Å²) >= 11 is 0. The highest BCUT2D eigenvalue weighted by Crippen LogP contribution is 2.23. The van der Waals surface area contributed by atoms with E-state index >= 15 is 0 Å². The molecule has 2 aromatic carbocycles. The van der Waals surface area contributed by atoms with Gasteiger partial charge in [-0.05, 0) is 23.8 Å². The van der Waals surface area contributed by atoms with Crippen LogP contribution in [-0.4, -0.2) is 22.7 Å². The maximum atomic E-state index is 13.3. The first-order chi connectivity index (χ1) is 13.7. The largest absolute Gasteiger partial charge is 0.439 e. The molecule has 0 spiro atoms. The molecule has 1 aromatic heterocycles. The summed E-state index contributed by atoms with van der Waals surface area (Å²) in [5.41, 5.74) is 1.43. The lowest BCUT2D eigenvalue weighted by molar-refractivity contribution is 0.216. The summed E-state index contributed by atoms with van der Waals surface area (Å²) in [6.45, 7) is -0.0739. The van der Waals surface area contributed by atoms with E-state index < -0.39 is 17.9 Å². The Morgan fingerprint density at radius 1 is 1.11 bits per heavy atom. The third-order valence-electron chi connectivity index (χ3n) is 3.99. The number of rotatable bonds is 7. The number of urea groups is 1. The Bertz CT molecular complexity index is 922. The highest BCUT2D eigenvalue weighted by atomic mass is 19.1. The van der Waals surface area contributed by atoms with Gasteiger partial charge in [0, 0.05) is 24.4 Å². The van der Waals surface area contributed by atoms with Crippen LogP contribution in [0.25, 0.3) is 0 Å². The number of amides is 2. The van der Waals surface area contributed by atoms with Crippen molar-refractivity contribution in [3.05, 3.63) is 89.9 Å². The first-order valence-corrected chi connectivity index (χ1v) is 8.73. The number of carbonyl (C=O) groups is 1. The van der Waals surface area contributed by atoms with Gasteiger partial charge in [0.15, 0.2) is 0 Å². The smallest absolute Gasteiger partial charge is 0.315 e. The third kappa shape index (κ3) is 5.28. The number of ether oxygens (including phenoxy) is 1. The van der Waals surface area contributed by atoms with Gasteiger partial charge in [0.1, 0.15) is 11.6 Å². The molecule has 1 atom stereocenters. The van der Waals surface area contributed by atoms with Crippen molar-refractivity contribution in [2.75, 3.05) is 6.61 Å². The van der Waals surface area contributed by atoms with Gasteiger partial charge >= 0.3 is 6.03 Å². The molecule has 6 nitrogen and oxygen atoms in total. The number of aromatic nitrogens is 1. The minimum absolute atomic E-state index is 0.150. The van der Waals surface area contributed by atoms with E-state index in [0.717, 1.165) is 5.56 Å². The Hall–Kier alpha value is -3.45. The number of nitrogens with zero attached hydrogens (tertiary/aromatic N) is 1. The summed E-state index contributed by atoms with van der Waals surface area (Å²) in [5, 5.41) is 15.0. The van der Waals surface area contributed by atoms with E-state index in [1.807, 2.05) is 30.3 Å². The molecule has 0 bridgehead atoms. The Balaban J connectivity index is 1.62. The van der Waals surface area contributed by atoms with Gasteiger partial charge in [-0.1, -0.05) is 42.5 Å². The highest BCUT2D eigenvalue weighted by Gasteiger charge is 2.14. The fraction of sp³-hybridized carbons (Fsp3) is 0.143.